The molecule has 0 spiro atoms. The van der Waals surface area contributed by atoms with Crippen LogP contribution in [-0.2, 0) is 13.2 Å². The van der Waals surface area contributed by atoms with Gasteiger partial charge in [-0.2, -0.15) is 0 Å². The number of benzene rings is 2. The van der Waals surface area contributed by atoms with E-state index in [0.29, 0.717) is 24.6 Å². The molecular formula is C24H23N3O2. The number of carbonyl (C=O) groups is 1. The minimum atomic E-state index is -0.122. The van der Waals surface area contributed by atoms with Crippen LogP contribution in [0.4, 0.5) is 0 Å². The van der Waals surface area contributed by atoms with Gasteiger partial charge in [0.05, 0.1) is 0 Å². The Bertz CT molecular complexity index is 1150. The maximum Gasteiger partial charge on any atom is 0.251 e. The first-order valence-electron chi connectivity index (χ1n) is 9.59. The van der Waals surface area contributed by atoms with Gasteiger partial charge >= 0.3 is 0 Å². The summed E-state index contributed by atoms with van der Waals surface area (Å²) in [5.74, 6) is 0.409. The summed E-state index contributed by atoms with van der Waals surface area (Å²) < 4.78 is 5.87. The Hall–Kier alpha value is -3.60. The summed E-state index contributed by atoms with van der Waals surface area (Å²) in [6.45, 7) is 4.87. The number of aryl methyl sites for hydroxylation is 2. The highest BCUT2D eigenvalue weighted by molar-refractivity contribution is 5.99. The lowest BCUT2D eigenvalue weighted by atomic mass is 10.1. The molecule has 2 aromatic heterocycles. The van der Waals surface area contributed by atoms with E-state index in [1.54, 1.807) is 6.20 Å². The first kappa shape index (κ1) is 18.7. The predicted molar refractivity (Wildman–Crippen MR) is 114 cm³/mol. The molecule has 0 bridgehead atoms. The fourth-order valence-corrected chi connectivity index (χ4v) is 3.29. The van der Waals surface area contributed by atoms with Crippen molar-refractivity contribution in [2.24, 2.45) is 0 Å². The van der Waals surface area contributed by atoms with Crippen LogP contribution in [0.25, 0.3) is 10.9 Å². The van der Waals surface area contributed by atoms with Crippen molar-refractivity contribution < 1.29 is 9.53 Å². The molecule has 2 aromatic carbocycles. The lowest BCUT2D eigenvalue weighted by Crippen LogP contribution is -2.23. The topological polar surface area (TPSA) is 67.0 Å². The molecule has 0 aliphatic heterocycles. The second kappa shape index (κ2) is 8.19. The van der Waals surface area contributed by atoms with E-state index in [0.717, 1.165) is 27.7 Å². The van der Waals surface area contributed by atoms with Crippen LogP contribution >= 0.6 is 0 Å². The highest BCUT2D eigenvalue weighted by Gasteiger charge is 2.12. The number of aromatic nitrogens is 2. The zero-order valence-corrected chi connectivity index (χ0v) is 16.5. The van der Waals surface area contributed by atoms with E-state index >= 15 is 0 Å². The Kier molecular flexibility index (Phi) is 5.29. The molecule has 0 unspecified atom stereocenters. The number of fused-ring (bicyclic) bond motifs is 1. The van der Waals surface area contributed by atoms with Gasteiger partial charge < -0.3 is 15.0 Å². The summed E-state index contributed by atoms with van der Waals surface area (Å²) in [5, 5.41) is 4.05. The molecule has 2 heterocycles. The SMILES string of the molecule is Cc1[nH]c2ccc(C(=O)NCc3cccnc3OCc3ccccc3)cc2c1C. The molecule has 5 heteroatoms. The predicted octanol–water partition coefficient (Wildman–Crippen LogP) is 4.69. The molecule has 4 rings (SSSR count). The number of H-pyrrole nitrogens is 1. The molecule has 0 fully saturated rings. The van der Waals surface area contributed by atoms with Crippen LogP contribution < -0.4 is 10.1 Å². The van der Waals surface area contributed by atoms with E-state index in [-0.39, 0.29) is 5.91 Å². The maximum atomic E-state index is 12.7. The van der Waals surface area contributed by atoms with Crippen LogP contribution in [0, 0.1) is 13.8 Å². The van der Waals surface area contributed by atoms with Crippen molar-refractivity contribution in [2.45, 2.75) is 27.0 Å². The highest BCUT2D eigenvalue weighted by Crippen LogP contribution is 2.22. The highest BCUT2D eigenvalue weighted by atomic mass is 16.5. The van der Waals surface area contributed by atoms with Gasteiger partial charge in [-0.1, -0.05) is 36.4 Å². The number of rotatable bonds is 6. The molecule has 5 nitrogen and oxygen atoms in total. The van der Waals surface area contributed by atoms with Gasteiger partial charge in [-0.3, -0.25) is 4.79 Å². The number of amides is 1. The van der Waals surface area contributed by atoms with Gasteiger partial charge in [-0.25, -0.2) is 4.98 Å². The van der Waals surface area contributed by atoms with Crippen LogP contribution in [0.3, 0.4) is 0 Å². The van der Waals surface area contributed by atoms with Gasteiger partial charge in [0.1, 0.15) is 6.61 Å². The van der Waals surface area contributed by atoms with Crippen LogP contribution in [0.15, 0.2) is 66.9 Å². The van der Waals surface area contributed by atoms with Gasteiger partial charge in [0, 0.05) is 40.5 Å². The zero-order chi connectivity index (χ0) is 20.2. The monoisotopic (exact) mass is 385 g/mol. The first-order chi connectivity index (χ1) is 14.1. The second-order valence-corrected chi connectivity index (χ2v) is 7.06. The second-order valence-electron chi connectivity index (χ2n) is 7.06. The van der Waals surface area contributed by atoms with E-state index in [1.807, 2.05) is 67.6 Å². The third-order valence-corrected chi connectivity index (χ3v) is 5.08. The quantitative estimate of drug-likeness (QED) is 0.506. The third-order valence-electron chi connectivity index (χ3n) is 5.08. The number of hydrogen-bond donors (Lipinski definition) is 2. The molecular weight excluding hydrogens is 362 g/mol. The summed E-state index contributed by atoms with van der Waals surface area (Å²) in [6.07, 6.45) is 1.69. The summed E-state index contributed by atoms with van der Waals surface area (Å²) >= 11 is 0. The first-order valence-corrected chi connectivity index (χ1v) is 9.59. The molecule has 29 heavy (non-hydrogen) atoms. The van der Waals surface area contributed by atoms with Crippen molar-refractivity contribution in [1.29, 1.82) is 0 Å². The normalized spacial score (nSPS) is 10.8. The molecule has 0 atom stereocenters. The molecule has 0 saturated carbocycles. The summed E-state index contributed by atoms with van der Waals surface area (Å²) in [5.41, 5.74) is 5.87. The van der Waals surface area contributed by atoms with Crippen molar-refractivity contribution in [3.63, 3.8) is 0 Å². The summed E-state index contributed by atoms with van der Waals surface area (Å²) in [7, 11) is 0. The van der Waals surface area contributed by atoms with Gasteiger partial charge in [0.15, 0.2) is 0 Å². The number of aromatic amines is 1. The van der Waals surface area contributed by atoms with Crippen molar-refractivity contribution in [2.75, 3.05) is 0 Å². The van der Waals surface area contributed by atoms with E-state index in [9.17, 15) is 4.79 Å². The molecule has 0 aliphatic rings. The average Bonchev–Trinajstić information content (AvgIpc) is 3.05. The summed E-state index contributed by atoms with van der Waals surface area (Å²) in [6, 6.07) is 19.4. The molecule has 0 saturated heterocycles. The van der Waals surface area contributed by atoms with Gasteiger partial charge in [-0.15, -0.1) is 0 Å². The molecule has 0 radical (unpaired) electrons. The van der Waals surface area contributed by atoms with Gasteiger partial charge in [0.25, 0.3) is 5.91 Å². The fourth-order valence-electron chi connectivity index (χ4n) is 3.29. The van der Waals surface area contributed by atoms with Crippen LogP contribution in [0.5, 0.6) is 5.88 Å². The Balaban J connectivity index is 1.45. The Morgan fingerprint density at radius 2 is 1.90 bits per heavy atom. The van der Waals surface area contributed by atoms with Crippen molar-refractivity contribution >= 4 is 16.8 Å². The molecule has 146 valence electrons. The van der Waals surface area contributed by atoms with Crippen LogP contribution in [0.2, 0.25) is 0 Å². The smallest absolute Gasteiger partial charge is 0.251 e. The number of ether oxygens (including phenoxy) is 1. The standard InChI is InChI=1S/C24H23N3O2/c1-16-17(2)27-22-11-10-19(13-21(16)22)23(28)26-14-20-9-6-12-25-24(20)29-15-18-7-4-3-5-8-18/h3-13,27H,14-15H2,1-2H3,(H,26,28). The minimum Gasteiger partial charge on any atom is -0.473 e. The minimum absolute atomic E-state index is 0.122. The van der Waals surface area contributed by atoms with E-state index in [4.69, 9.17) is 4.74 Å². The third kappa shape index (κ3) is 4.14. The number of carbonyl (C=O) groups excluding carboxylic acids is 1. The zero-order valence-electron chi connectivity index (χ0n) is 16.5. The number of hydrogen-bond acceptors (Lipinski definition) is 3. The molecule has 2 N–H and O–H groups in total. The van der Waals surface area contributed by atoms with Crippen LogP contribution in [0.1, 0.15) is 32.7 Å². The molecule has 0 aliphatic carbocycles. The Labute approximate surface area is 169 Å². The van der Waals surface area contributed by atoms with Gasteiger partial charge in [-0.05, 0) is 49.2 Å². The largest absolute Gasteiger partial charge is 0.473 e. The molecule has 4 aromatic rings. The van der Waals surface area contributed by atoms with Crippen molar-refractivity contribution in [3.8, 4) is 5.88 Å². The maximum absolute atomic E-state index is 12.7. The fraction of sp³-hybridized carbons (Fsp3) is 0.167. The number of nitrogens with zero attached hydrogens (tertiary/aromatic N) is 1. The lowest BCUT2D eigenvalue weighted by molar-refractivity contribution is 0.0950. The number of pyridine rings is 1. The lowest BCUT2D eigenvalue weighted by Gasteiger charge is -2.11. The van der Waals surface area contributed by atoms with Gasteiger partial charge in [0.2, 0.25) is 5.88 Å². The number of nitrogens with one attached hydrogen (secondary N) is 2. The van der Waals surface area contributed by atoms with E-state index in [2.05, 4.69) is 22.2 Å². The average molecular weight is 385 g/mol. The van der Waals surface area contributed by atoms with E-state index < -0.39 is 0 Å². The van der Waals surface area contributed by atoms with E-state index in [1.165, 1.54) is 5.56 Å². The van der Waals surface area contributed by atoms with Crippen molar-refractivity contribution in [1.82, 2.24) is 15.3 Å². The summed E-state index contributed by atoms with van der Waals surface area (Å²) in [4.78, 5) is 20.3. The Morgan fingerprint density at radius 1 is 1.07 bits per heavy atom. The molecule has 1 amide bonds. The van der Waals surface area contributed by atoms with Crippen molar-refractivity contribution in [3.05, 3.63) is 94.8 Å². The Morgan fingerprint density at radius 3 is 2.72 bits per heavy atom. The van der Waals surface area contributed by atoms with Crippen LogP contribution in [-0.4, -0.2) is 15.9 Å².